The van der Waals surface area contributed by atoms with E-state index in [-0.39, 0.29) is 6.04 Å². The van der Waals surface area contributed by atoms with Crippen molar-refractivity contribution in [2.24, 2.45) is 0 Å². The van der Waals surface area contributed by atoms with Crippen LogP contribution in [0.3, 0.4) is 0 Å². The van der Waals surface area contributed by atoms with Crippen LogP contribution in [0.1, 0.15) is 11.7 Å². The lowest BCUT2D eigenvalue weighted by molar-refractivity contribution is 0.619. The van der Waals surface area contributed by atoms with Crippen molar-refractivity contribution in [1.82, 2.24) is 15.6 Å². The first-order valence-corrected chi connectivity index (χ1v) is 6.18. The number of thiol groups is 2. The Hall–Kier alpha value is -0.370. The van der Waals surface area contributed by atoms with Gasteiger partial charge in [0.25, 0.3) is 0 Å². The van der Waals surface area contributed by atoms with Crippen LogP contribution in [0.15, 0.2) is 24.4 Å². The Balaban J connectivity index is 2.71. The van der Waals surface area contributed by atoms with E-state index in [1.807, 2.05) is 18.2 Å². The van der Waals surface area contributed by atoms with E-state index in [1.165, 1.54) is 0 Å². The summed E-state index contributed by atoms with van der Waals surface area (Å²) in [6, 6.07) is 5.61. The first-order valence-electron chi connectivity index (χ1n) is 4.47. The molecule has 2 N–H and O–H groups in total. The molecule has 0 amide bonds. The molecule has 0 radical (unpaired) electrons. The number of pyridine rings is 1. The first-order chi connectivity index (χ1) is 7.59. The quantitative estimate of drug-likeness (QED) is 0.502. The standard InChI is InChI=1S/C9H11N3S4/c13-8(14)11-5-7(12-9(15)16)6-3-1-2-4-10-6/h1-4,7H,5H2,(H2,11,13,14)(H2,12,15,16). The second kappa shape index (κ2) is 7.05. The minimum Gasteiger partial charge on any atom is -0.369 e. The molecule has 1 atom stereocenters. The fourth-order valence-electron chi connectivity index (χ4n) is 1.15. The van der Waals surface area contributed by atoms with Gasteiger partial charge in [-0.15, -0.1) is 25.3 Å². The lowest BCUT2D eigenvalue weighted by Gasteiger charge is -2.18. The SMILES string of the molecule is S=C(S)NCC(NC(=S)S)c1ccccn1. The molecule has 0 saturated heterocycles. The Kier molecular flexibility index (Phi) is 6.04. The van der Waals surface area contributed by atoms with Crippen LogP contribution >= 0.6 is 49.7 Å². The maximum absolute atomic E-state index is 4.90. The van der Waals surface area contributed by atoms with E-state index in [2.05, 4.69) is 40.9 Å². The molecule has 86 valence electrons. The van der Waals surface area contributed by atoms with Crippen molar-refractivity contribution in [3.63, 3.8) is 0 Å². The zero-order chi connectivity index (χ0) is 12.0. The summed E-state index contributed by atoms with van der Waals surface area (Å²) in [6.45, 7) is 0.556. The molecule has 1 heterocycles. The normalized spacial score (nSPS) is 11.6. The van der Waals surface area contributed by atoms with Crippen molar-refractivity contribution in [2.75, 3.05) is 6.54 Å². The Morgan fingerprint density at radius 2 is 2.06 bits per heavy atom. The van der Waals surface area contributed by atoms with Crippen LogP contribution in [0.5, 0.6) is 0 Å². The summed E-state index contributed by atoms with van der Waals surface area (Å²) in [7, 11) is 0. The molecular weight excluding hydrogens is 278 g/mol. The van der Waals surface area contributed by atoms with Gasteiger partial charge < -0.3 is 10.6 Å². The minimum atomic E-state index is -0.0729. The zero-order valence-corrected chi connectivity index (χ0v) is 11.7. The van der Waals surface area contributed by atoms with Crippen molar-refractivity contribution in [2.45, 2.75) is 6.04 Å². The third kappa shape index (κ3) is 5.11. The van der Waals surface area contributed by atoms with E-state index >= 15 is 0 Å². The van der Waals surface area contributed by atoms with Gasteiger partial charge in [0.1, 0.15) is 8.64 Å². The molecule has 1 aromatic rings. The Morgan fingerprint density at radius 1 is 1.31 bits per heavy atom. The van der Waals surface area contributed by atoms with Gasteiger partial charge in [-0.1, -0.05) is 30.5 Å². The van der Waals surface area contributed by atoms with Crippen LogP contribution < -0.4 is 10.6 Å². The summed E-state index contributed by atoms with van der Waals surface area (Å²) < 4.78 is 0.857. The predicted octanol–water partition coefficient (Wildman–Crippen LogP) is 1.73. The Morgan fingerprint density at radius 3 is 2.56 bits per heavy atom. The number of hydrogen-bond donors (Lipinski definition) is 4. The van der Waals surface area contributed by atoms with E-state index in [9.17, 15) is 0 Å². The Labute approximate surface area is 116 Å². The number of aromatic nitrogens is 1. The highest BCUT2D eigenvalue weighted by Crippen LogP contribution is 2.09. The summed E-state index contributed by atoms with van der Waals surface area (Å²) in [5.74, 6) is 0. The molecule has 0 aromatic carbocycles. The van der Waals surface area contributed by atoms with Crippen LogP contribution in [-0.2, 0) is 0 Å². The van der Waals surface area contributed by atoms with Gasteiger partial charge >= 0.3 is 0 Å². The molecule has 0 saturated carbocycles. The van der Waals surface area contributed by atoms with Gasteiger partial charge in [-0.2, -0.15) is 0 Å². The second-order valence-electron chi connectivity index (χ2n) is 2.94. The average Bonchev–Trinajstić information content (AvgIpc) is 2.25. The summed E-state index contributed by atoms with van der Waals surface area (Å²) in [6.07, 6.45) is 1.73. The topological polar surface area (TPSA) is 37.0 Å². The van der Waals surface area contributed by atoms with Crippen LogP contribution in [0.2, 0.25) is 0 Å². The molecule has 1 rings (SSSR count). The molecule has 0 bridgehead atoms. The molecule has 7 heteroatoms. The van der Waals surface area contributed by atoms with E-state index in [4.69, 9.17) is 24.4 Å². The predicted molar refractivity (Wildman–Crippen MR) is 81.3 cm³/mol. The van der Waals surface area contributed by atoms with Crippen molar-refractivity contribution in [3.05, 3.63) is 30.1 Å². The molecule has 0 aliphatic heterocycles. The summed E-state index contributed by atoms with van der Waals surface area (Å²) in [5, 5.41) is 5.98. The maximum atomic E-state index is 4.90. The third-order valence-corrected chi connectivity index (χ3v) is 2.35. The summed E-state index contributed by atoms with van der Waals surface area (Å²) >= 11 is 17.8. The minimum absolute atomic E-state index is 0.0729. The average molecular weight is 289 g/mol. The highest BCUT2D eigenvalue weighted by Gasteiger charge is 2.12. The second-order valence-corrected chi connectivity index (χ2v) is 5.26. The lowest BCUT2D eigenvalue weighted by Crippen LogP contribution is -2.34. The van der Waals surface area contributed by atoms with E-state index in [0.717, 1.165) is 5.69 Å². The molecular formula is C9H11N3S4. The van der Waals surface area contributed by atoms with Gasteiger partial charge in [0.05, 0.1) is 11.7 Å². The van der Waals surface area contributed by atoms with Crippen LogP contribution in [0.4, 0.5) is 0 Å². The number of nitrogens with zero attached hydrogens (tertiary/aromatic N) is 1. The van der Waals surface area contributed by atoms with Gasteiger partial charge in [-0.05, 0) is 12.1 Å². The van der Waals surface area contributed by atoms with Crippen molar-refractivity contribution in [3.8, 4) is 0 Å². The van der Waals surface area contributed by atoms with Gasteiger partial charge in [0.15, 0.2) is 0 Å². The third-order valence-electron chi connectivity index (χ3n) is 1.80. The molecule has 0 aliphatic rings. The van der Waals surface area contributed by atoms with Crippen LogP contribution in [0, 0.1) is 0 Å². The molecule has 16 heavy (non-hydrogen) atoms. The molecule has 0 spiro atoms. The summed E-state index contributed by atoms with van der Waals surface area (Å²) in [5.41, 5.74) is 0.871. The monoisotopic (exact) mass is 289 g/mol. The van der Waals surface area contributed by atoms with Crippen LogP contribution in [-0.4, -0.2) is 20.2 Å². The van der Waals surface area contributed by atoms with Crippen molar-refractivity contribution >= 4 is 58.3 Å². The highest BCUT2D eigenvalue weighted by atomic mass is 32.1. The smallest absolute Gasteiger partial charge is 0.131 e. The van der Waals surface area contributed by atoms with Gasteiger partial charge in [-0.25, -0.2) is 0 Å². The fraction of sp³-hybridized carbons (Fsp3) is 0.222. The van der Waals surface area contributed by atoms with E-state index in [1.54, 1.807) is 6.20 Å². The van der Waals surface area contributed by atoms with E-state index < -0.39 is 0 Å². The number of thiocarbonyl (C=S) groups is 2. The maximum Gasteiger partial charge on any atom is 0.131 e. The zero-order valence-electron chi connectivity index (χ0n) is 8.25. The number of rotatable bonds is 4. The number of hydrogen-bond acceptors (Lipinski definition) is 3. The lowest BCUT2D eigenvalue weighted by atomic mass is 10.2. The number of nitrogens with one attached hydrogen (secondary N) is 2. The first kappa shape index (κ1) is 13.7. The molecule has 0 aliphatic carbocycles. The molecule has 1 unspecified atom stereocenters. The molecule has 3 nitrogen and oxygen atoms in total. The van der Waals surface area contributed by atoms with Crippen molar-refractivity contribution in [1.29, 1.82) is 0 Å². The van der Waals surface area contributed by atoms with Crippen LogP contribution in [0.25, 0.3) is 0 Å². The van der Waals surface area contributed by atoms with Gasteiger partial charge in [-0.3, -0.25) is 4.98 Å². The van der Waals surface area contributed by atoms with E-state index in [0.29, 0.717) is 15.2 Å². The van der Waals surface area contributed by atoms with Gasteiger partial charge in [0.2, 0.25) is 0 Å². The molecule has 1 aromatic heterocycles. The highest BCUT2D eigenvalue weighted by molar-refractivity contribution is 8.11. The van der Waals surface area contributed by atoms with Gasteiger partial charge in [0, 0.05) is 12.7 Å². The fourth-order valence-corrected chi connectivity index (χ4v) is 1.62. The Bertz CT molecular complexity index is 368. The molecule has 0 fully saturated rings. The summed E-state index contributed by atoms with van der Waals surface area (Å²) in [4.78, 5) is 4.25. The largest absolute Gasteiger partial charge is 0.369 e. The van der Waals surface area contributed by atoms with Crippen molar-refractivity contribution < 1.29 is 0 Å².